The molecule has 2 atom stereocenters. The monoisotopic (exact) mass is 259 g/mol. The van der Waals surface area contributed by atoms with Gasteiger partial charge in [-0.2, -0.15) is 0 Å². The fourth-order valence-electron chi connectivity index (χ4n) is 1.97. The van der Waals surface area contributed by atoms with Crippen LogP contribution in [0.2, 0.25) is 0 Å². The summed E-state index contributed by atoms with van der Waals surface area (Å²) in [6, 6.07) is 0. The third-order valence-corrected chi connectivity index (χ3v) is 3.76. The molecule has 0 radical (unpaired) electrons. The maximum atomic E-state index is 9.27. The zero-order valence-electron chi connectivity index (χ0n) is 11.9. The van der Waals surface area contributed by atoms with Gasteiger partial charge in [0.05, 0.1) is 12.7 Å². The van der Waals surface area contributed by atoms with E-state index in [2.05, 4.69) is 19.2 Å². The zero-order valence-corrected chi connectivity index (χ0v) is 11.9. The number of aliphatic hydroxyl groups is 1. The number of aliphatic hydroxyl groups excluding tert-OH is 1. The average Bonchev–Trinajstić information content (AvgIpc) is 2.90. The largest absolute Gasteiger partial charge is 0.396 e. The van der Waals surface area contributed by atoms with Crippen molar-refractivity contribution in [2.24, 2.45) is 5.41 Å². The second-order valence-electron chi connectivity index (χ2n) is 5.56. The predicted molar refractivity (Wildman–Crippen MR) is 72.8 cm³/mol. The summed E-state index contributed by atoms with van der Waals surface area (Å²) < 4.78 is 11.1. The summed E-state index contributed by atoms with van der Waals surface area (Å²) in [5.74, 6) is 0. The van der Waals surface area contributed by atoms with Crippen molar-refractivity contribution in [3.05, 3.63) is 0 Å². The molecule has 1 aliphatic rings. The van der Waals surface area contributed by atoms with Crippen molar-refractivity contribution in [2.75, 3.05) is 39.5 Å². The highest BCUT2D eigenvalue weighted by Gasteiger charge is 2.19. The van der Waals surface area contributed by atoms with Crippen LogP contribution in [0.4, 0.5) is 0 Å². The second kappa shape index (κ2) is 8.86. The molecule has 0 aromatic carbocycles. The van der Waals surface area contributed by atoms with Crippen LogP contribution < -0.4 is 5.32 Å². The van der Waals surface area contributed by atoms with E-state index in [9.17, 15) is 5.11 Å². The Morgan fingerprint density at radius 1 is 1.50 bits per heavy atom. The lowest BCUT2D eigenvalue weighted by Crippen LogP contribution is -2.35. The Balaban J connectivity index is 1.89. The highest BCUT2D eigenvalue weighted by Crippen LogP contribution is 2.18. The molecule has 0 saturated carbocycles. The molecule has 0 aliphatic carbocycles. The Bertz CT molecular complexity index is 201. The number of nitrogens with one attached hydrogen (secondary N) is 1. The Morgan fingerprint density at radius 2 is 2.33 bits per heavy atom. The van der Waals surface area contributed by atoms with Gasteiger partial charge in [-0.25, -0.2) is 0 Å². The quantitative estimate of drug-likeness (QED) is 0.585. The molecule has 1 fully saturated rings. The van der Waals surface area contributed by atoms with Crippen LogP contribution in [0.3, 0.4) is 0 Å². The van der Waals surface area contributed by atoms with Gasteiger partial charge in [0, 0.05) is 31.8 Å². The molecule has 0 aromatic rings. The molecule has 1 aliphatic heterocycles. The normalized spacial score (nSPS) is 23.2. The van der Waals surface area contributed by atoms with Crippen LogP contribution in [0.15, 0.2) is 0 Å². The molecule has 1 saturated heterocycles. The van der Waals surface area contributed by atoms with Gasteiger partial charge >= 0.3 is 0 Å². The van der Waals surface area contributed by atoms with Gasteiger partial charge in [0.15, 0.2) is 0 Å². The fraction of sp³-hybridized carbons (Fsp3) is 1.00. The van der Waals surface area contributed by atoms with Gasteiger partial charge < -0.3 is 19.9 Å². The van der Waals surface area contributed by atoms with Gasteiger partial charge in [0.25, 0.3) is 0 Å². The van der Waals surface area contributed by atoms with Gasteiger partial charge in [-0.15, -0.1) is 0 Å². The summed E-state index contributed by atoms with van der Waals surface area (Å²) in [6.45, 7) is 8.69. The van der Waals surface area contributed by atoms with Crippen molar-refractivity contribution < 1.29 is 14.6 Å². The SMILES string of the molecule is CCC(C)(CO)CNCCCOCC1CCCO1. The standard InChI is InChI=1S/C14H29NO3/c1-3-14(2,12-16)11-15-7-5-8-17-10-13-6-4-9-18-13/h13,15-16H,3-12H2,1-2H3. The second-order valence-corrected chi connectivity index (χ2v) is 5.56. The number of hydrogen-bond donors (Lipinski definition) is 2. The molecule has 4 nitrogen and oxygen atoms in total. The van der Waals surface area contributed by atoms with Crippen molar-refractivity contribution in [2.45, 2.75) is 45.6 Å². The van der Waals surface area contributed by atoms with Crippen molar-refractivity contribution in [3.8, 4) is 0 Å². The fourth-order valence-corrected chi connectivity index (χ4v) is 1.97. The Hall–Kier alpha value is -0.160. The Kier molecular flexibility index (Phi) is 7.82. The molecule has 108 valence electrons. The van der Waals surface area contributed by atoms with E-state index < -0.39 is 0 Å². The molecule has 0 amide bonds. The van der Waals surface area contributed by atoms with Gasteiger partial charge in [-0.1, -0.05) is 13.8 Å². The molecule has 2 unspecified atom stereocenters. The maximum absolute atomic E-state index is 9.27. The topological polar surface area (TPSA) is 50.7 Å². The average molecular weight is 259 g/mol. The van der Waals surface area contributed by atoms with Crippen molar-refractivity contribution in [1.29, 1.82) is 0 Å². The Morgan fingerprint density at radius 3 is 2.94 bits per heavy atom. The van der Waals surface area contributed by atoms with Crippen LogP contribution in [0.1, 0.15) is 39.5 Å². The van der Waals surface area contributed by atoms with Gasteiger partial charge in [-0.05, 0) is 32.2 Å². The summed E-state index contributed by atoms with van der Waals surface area (Å²) in [4.78, 5) is 0. The van der Waals surface area contributed by atoms with Crippen LogP contribution >= 0.6 is 0 Å². The molecular weight excluding hydrogens is 230 g/mol. The number of ether oxygens (including phenoxy) is 2. The summed E-state index contributed by atoms with van der Waals surface area (Å²) in [5.41, 5.74) is 0.0124. The minimum Gasteiger partial charge on any atom is -0.396 e. The van der Waals surface area contributed by atoms with E-state index in [-0.39, 0.29) is 12.0 Å². The third kappa shape index (κ3) is 6.14. The molecule has 1 heterocycles. The third-order valence-electron chi connectivity index (χ3n) is 3.76. The molecule has 1 rings (SSSR count). The Labute approximate surface area is 111 Å². The predicted octanol–water partition coefficient (Wildman–Crippen LogP) is 1.57. The van der Waals surface area contributed by atoms with E-state index in [1.807, 2.05) is 0 Å². The van der Waals surface area contributed by atoms with Crippen LogP contribution in [-0.4, -0.2) is 50.7 Å². The summed E-state index contributed by atoms with van der Waals surface area (Å²) in [5, 5.41) is 12.7. The first kappa shape index (κ1) is 15.9. The first-order chi connectivity index (χ1) is 8.70. The van der Waals surface area contributed by atoms with E-state index in [0.717, 1.165) is 52.2 Å². The van der Waals surface area contributed by atoms with Gasteiger partial charge in [0.2, 0.25) is 0 Å². The number of rotatable bonds is 10. The van der Waals surface area contributed by atoms with E-state index >= 15 is 0 Å². The van der Waals surface area contributed by atoms with Crippen LogP contribution in [0.25, 0.3) is 0 Å². The summed E-state index contributed by atoms with van der Waals surface area (Å²) >= 11 is 0. The highest BCUT2D eigenvalue weighted by atomic mass is 16.5. The summed E-state index contributed by atoms with van der Waals surface area (Å²) in [6.07, 6.45) is 4.65. The smallest absolute Gasteiger partial charge is 0.0809 e. The van der Waals surface area contributed by atoms with Crippen molar-refractivity contribution in [3.63, 3.8) is 0 Å². The van der Waals surface area contributed by atoms with E-state index in [1.165, 1.54) is 6.42 Å². The van der Waals surface area contributed by atoms with Crippen LogP contribution in [0, 0.1) is 5.41 Å². The first-order valence-corrected chi connectivity index (χ1v) is 7.21. The molecular formula is C14H29NO3. The van der Waals surface area contributed by atoms with Gasteiger partial charge in [0.1, 0.15) is 0 Å². The number of hydrogen-bond acceptors (Lipinski definition) is 4. The lowest BCUT2D eigenvalue weighted by atomic mass is 9.89. The molecule has 2 N–H and O–H groups in total. The zero-order chi connectivity index (χ0) is 13.3. The molecule has 18 heavy (non-hydrogen) atoms. The lowest BCUT2D eigenvalue weighted by molar-refractivity contribution is 0.0164. The lowest BCUT2D eigenvalue weighted by Gasteiger charge is -2.25. The molecule has 0 bridgehead atoms. The summed E-state index contributed by atoms with van der Waals surface area (Å²) in [7, 11) is 0. The van der Waals surface area contributed by atoms with E-state index in [1.54, 1.807) is 0 Å². The molecule has 0 spiro atoms. The van der Waals surface area contributed by atoms with Crippen molar-refractivity contribution >= 4 is 0 Å². The minimum atomic E-state index is 0.0124. The van der Waals surface area contributed by atoms with Gasteiger partial charge in [-0.3, -0.25) is 0 Å². The first-order valence-electron chi connectivity index (χ1n) is 7.21. The van der Waals surface area contributed by atoms with Crippen LogP contribution in [0.5, 0.6) is 0 Å². The minimum absolute atomic E-state index is 0.0124. The van der Waals surface area contributed by atoms with Crippen molar-refractivity contribution in [1.82, 2.24) is 5.32 Å². The molecule has 0 aromatic heterocycles. The van der Waals surface area contributed by atoms with Crippen LogP contribution in [-0.2, 0) is 9.47 Å². The highest BCUT2D eigenvalue weighted by molar-refractivity contribution is 4.74. The van der Waals surface area contributed by atoms with E-state index in [4.69, 9.17) is 9.47 Å². The van der Waals surface area contributed by atoms with E-state index in [0.29, 0.717) is 6.10 Å². The molecule has 4 heteroatoms. The maximum Gasteiger partial charge on any atom is 0.0809 e.